The van der Waals surface area contributed by atoms with Crippen molar-refractivity contribution in [1.82, 2.24) is 0 Å². The Balaban J connectivity index is 2.01. The van der Waals surface area contributed by atoms with Gasteiger partial charge in [-0.2, -0.15) is 0 Å². The molecule has 2 heterocycles. The van der Waals surface area contributed by atoms with Crippen LogP contribution in [0.5, 0.6) is 0 Å². The van der Waals surface area contributed by atoms with E-state index < -0.39 is 60.5 Å². The van der Waals surface area contributed by atoms with Gasteiger partial charge in [-0.1, -0.05) is 6.08 Å². The fourth-order valence-electron chi connectivity index (χ4n) is 2.66. The zero-order chi connectivity index (χ0) is 20.1. The van der Waals surface area contributed by atoms with E-state index in [1.165, 1.54) is 32.9 Å². The van der Waals surface area contributed by atoms with Crippen LogP contribution in [0.4, 0.5) is 0 Å². The molecule has 9 nitrogen and oxygen atoms in total. The van der Waals surface area contributed by atoms with Gasteiger partial charge in [0, 0.05) is 26.8 Å². The van der Waals surface area contributed by atoms with Crippen LogP contribution in [0.2, 0.25) is 0 Å². The molecule has 0 aromatic heterocycles. The van der Waals surface area contributed by atoms with Gasteiger partial charge in [0.25, 0.3) is 0 Å². The van der Waals surface area contributed by atoms with E-state index in [-0.39, 0.29) is 0 Å². The maximum atomic E-state index is 11.5. The molecule has 2 aliphatic rings. The van der Waals surface area contributed by atoms with E-state index >= 15 is 0 Å². The minimum absolute atomic E-state index is 0.435. The fraction of sp³-hybridized carbons (Fsp3) is 0.556. The molecule has 6 atom stereocenters. The summed E-state index contributed by atoms with van der Waals surface area (Å²) in [5.74, 6) is -2.09. The van der Waals surface area contributed by atoms with Gasteiger partial charge >= 0.3 is 23.9 Å². The number of hydrogen-bond donors (Lipinski definition) is 0. The number of carbonyl (C=O) groups is 4. The lowest BCUT2D eigenvalue weighted by Gasteiger charge is -2.25. The predicted octanol–water partition coefficient (Wildman–Crippen LogP) is 0.607. The molecule has 1 saturated heterocycles. The summed E-state index contributed by atoms with van der Waals surface area (Å²) in [6.45, 7) is 5.35. The maximum absolute atomic E-state index is 11.5. The van der Waals surface area contributed by atoms with E-state index in [4.69, 9.17) is 23.7 Å². The standard InChI is InChI=1S/C18H22O9/c1-9(23-10(2)19)13(24-11(3)20)5-6-15-17(26-15)18-14(25-12(4)21)7-8-16(22)27-18/h5-9,13-15,17-18H,1-4H3/b6-5+. The summed E-state index contributed by atoms with van der Waals surface area (Å²) in [5, 5.41) is 0. The first-order valence-corrected chi connectivity index (χ1v) is 8.41. The number of epoxide rings is 1. The number of esters is 4. The summed E-state index contributed by atoms with van der Waals surface area (Å²) in [6.07, 6.45) is 1.84. The minimum atomic E-state index is -0.797. The lowest BCUT2D eigenvalue weighted by molar-refractivity contribution is -0.163. The van der Waals surface area contributed by atoms with Gasteiger partial charge in [0.15, 0.2) is 18.3 Å². The second-order valence-electron chi connectivity index (χ2n) is 6.17. The average molecular weight is 382 g/mol. The maximum Gasteiger partial charge on any atom is 0.331 e. The van der Waals surface area contributed by atoms with Gasteiger partial charge in [0.1, 0.15) is 18.3 Å². The van der Waals surface area contributed by atoms with Gasteiger partial charge < -0.3 is 23.7 Å². The SMILES string of the molecule is CC(=O)OC(C)C(/C=C/C1OC1C1OC(=O)C=CC1OC(C)=O)OC(C)=O. The molecule has 2 rings (SSSR count). The van der Waals surface area contributed by atoms with Crippen LogP contribution >= 0.6 is 0 Å². The summed E-state index contributed by atoms with van der Waals surface area (Å²) in [6, 6.07) is 0. The third kappa shape index (κ3) is 6.21. The van der Waals surface area contributed by atoms with E-state index in [2.05, 4.69) is 0 Å². The molecule has 0 aromatic rings. The Bertz CT molecular complexity index is 666. The van der Waals surface area contributed by atoms with Gasteiger partial charge in [-0.05, 0) is 19.1 Å². The number of hydrogen-bond acceptors (Lipinski definition) is 9. The highest BCUT2D eigenvalue weighted by Crippen LogP contribution is 2.33. The molecule has 0 radical (unpaired) electrons. The number of carbonyl (C=O) groups excluding carboxylic acids is 4. The van der Waals surface area contributed by atoms with Gasteiger partial charge in [-0.3, -0.25) is 14.4 Å². The van der Waals surface area contributed by atoms with Crippen LogP contribution in [0.15, 0.2) is 24.3 Å². The molecule has 0 saturated carbocycles. The van der Waals surface area contributed by atoms with Crippen molar-refractivity contribution in [3.8, 4) is 0 Å². The topological polar surface area (TPSA) is 118 Å². The first kappa shape index (κ1) is 20.6. The zero-order valence-electron chi connectivity index (χ0n) is 15.4. The van der Waals surface area contributed by atoms with Crippen LogP contribution in [0.3, 0.4) is 0 Å². The Morgan fingerprint density at radius 3 is 2.33 bits per heavy atom. The number of rotatable bonds is 7. The Labute approximate surface area is 156 Å². The van der Waals surface area contributed by atoms with Crippen molar-refractivity contribution in [2.75, 3.05) is 0 Å². The smallest absolute Gasteiger partial charge is 0.331 e. The second-order valence-corrected chi connectivity index (χ2v) is 6.17. The van der Waals surface area contributed by atoms with Crippen molar-refractivity contribution < 1.29 is 42.9 Å². The third-order valence-electron chi connectivity index (χ3n) is 3.79. The number of cyclic esters (lactones) is 1. The second kappa shape index (κ2) is 8.81. The summed E-state index contributed by atoms with van der Waals surface area (Å²) in [7, 11) is 0. The van der Waals surface area contributed by atoms with Crippen LogP contribution < -0.4 is 0 Å². The molecule has 0 spiro atoms. The third-order valence-corrected chi connectivity index (χ3v) is 3.79. The quantitative estimate of drug-likeness (QED) is 0.270. The van der Waals surface area contributed by atoms with Crippen molar-refractivity contribution in [3.63, 3.8) is 0 Å². The number of ether oxygens (including phenoxy) is 5. The largest absolute Gasteiger partial charge is 0.459 e. The molecule has 1 fully saturated rings. The zero-order valence-corrected chi connectivity index (χ0v) is 15.4. The van der Waals surface area contributed by atoms with E-state index in [0.29, 0.717) is 0 Å². The van der Waals surface area contributed by atoms with Crippen LogP contribution in [-0.2, 0) is 42.9 Å². The van der Waals surface area contributed by atoms with E-state index in [1.54, 1.807) is 19.1 Å². The predicted molar refractivity (Wildman–Crippen MR) is 89.2 cm³/mol. The highest BCUT2D eigenvalue weighted by molar-refractivity contribution is 5.83. The van der Waals surface area contributed by atoms with Crippen molar-refractivity contribution >= 4 is 23.9 Å². The fourth-order valence-corrected chi connectivity index (χ4v) is 2.66. The molecule has 0 aromatic carbocycles. The van der Waals surface area contributed by atoms with Crippen molar-refractivity contribution in [3.05, 3.63) is 24.3 Å². The first-order chi connectivity index (χ1) is 12.7. The molecular weight excluding hydrogens is 360 g/mol. The molecule has 0 N–H and O–H groups in total. The molecule has 0 amide bonds. The molecule has 27 heavy (non-hydrogen) atoms. The van der Waals surface area contributed by atoms with Crippen molar-refractivity contribution in [2.45, 2.75) is 64.3 Å². The van der Waals surface area contributed by atoms with Crippen LogP contribution in [0.1, 0.15) is 27.7 Å². The highest BCUT2D eigenvalue weighted by atomic mass is 16.6. The highest BCUT2D eigenvalue weighted by Gasteiger charge is 2.50. The monoisotopic (exact) mass is 382 g/mol. The van der Waals surface area contributed by atoms with E-state index in [1.807, 2.05) is 0 Å². The summed E-state index contributed by atoms with van der Waals surface area (Å²) >= 11 is 0. The van der Waals surface area contributed by atoms with Crippen LogP contribution in [-0.4, -0.2) is 60.5 Å². The molecule has 9 heteroatoms. The summed E-state index contributed by atoms with van der Waals surface area (Å²) < 4.78 is 26.0. The van der Waals surface area contributed by atoms with Crippen molar-refractivity contribution in [2.24, 2.45) is 0 Å². The Morgan fingerprint density at radius 1 is 1.07 bits per heavy atom. The minimum Gasteiger partial charge on any atom is -0.459 e. The Morgan fingerprint density at radius 2 is 1.74 bits per heavy atom. The molecule has 6 unspecified atom stereocenters. The van der Waals surface area contributed by atoms with Gasteiger partial charge in [-0.15, -0.1) is 0 Å². The lowest BCUT2D eigenvalue weighted by atomic mass is 10.0. The summed E-state index contributed by atoms with van der Waals surface area (Å²) in [4.78, 5) is 45.1. The molecule has 0 aliphatic carbocycles. The Hall–Kier alpha value is -2.68. The molecule has 0 bridgehead atoms. The average Bonchev–Trinajstić information content (AvgIpc) is 3.31. The molecule has 2 aliphatic heterocycles. The lowest BCUT2D eigenvalue weighted by Crippen LogP contribution is -2.40. The van der Waals surface area contributed by atoms with E-state index in [0.717, 1.165) is 0 Å². The first-order valence-electron chi connectivity index (χ1n) is 8.41. The Kier molecular flexibility index (Phi) is 6.73. The normalized spacial score (nSPS) is 28.8. The van der Waals surface area contributed by atoms with Gasteiger partial charge in [0.05, 0.1) is 0 Å². The van der Waals surface area contributed by atoms with Crippen LogP contribution in [0, 0.1) is 0 Å². The van der Waals surface area contributed by atoms with Gasteiger partial charge in [-0.25, -0.2) is 4.79 Å². The van der Waals surface area contributed by atoms with Crippen molar-refractivity contribution in [1.29, 1.82) is 0 Å². The molecular formula is C18H22O9. The molecule has 148 valence electrons. The van der Waals surface area contributed by atoms with Gasteiger partial charge in [0.2, 0.25) is 0 Å². The van der Waals surface area contributed by atoms with Crippen LogP contribution in [0.25, 0.3) is 0 Å². The van der Waals surface area contributed by atoms with E-state index in [9.17, 15) is 19.2 Å². The summed E-state index contributed by atoms with van der Waals surface area (Å²) in [5.41, 5.74) is 0.